The van der Waals surface area contributed by atoms with Crippen molar-refractivity contribution in [1.29, 1.82) is 0 Å². The van der Waals surface area contributed by atoms with E-state index in [1.807, 2.05) is 0 Å². The van der Waals surface area contributed by atoms with Crippen molar-refractivity contribution in [2.45, 2.75) is 6.42 Å². The molecule has 10 heteroatoms. The van der Waals surface area contributed by atoms with Gasteiger partial charge in [0.2, 0.25) is 18.6 Å². The maximum atomic E-state index is 12.7. The number of nitrogens with one attached hydrogen (secondary N) is 1. The molecule has 29 heavy (non-hydrogen) atoms. The molecule has 0 spiro atoms. The number of fused-ring (bicyclic) bond motifs is 1. The standard InChI is InChI=1S/C19H17N3O7/c1-27-13-3-4-14(15(8-13)22(25)26)20-19(24)11-6-18(23)21(9-11)12-2-5-16-17(7-12)29-10-28-16/h2-5,7-8,11H,6,9-10H2,1H3,(H,20,24). The molecule has 0 aliphatic carbocycles. The average molecular weight is 399 g/mol. The summed E-state index contributed by atoms with van der Waals surface area (Å²) in [5.74, 6) is 0.121. The Morgan fingerprint density at radius 1 is 1.24 bits per heavy atom. The molecule has 2 aromatic rings. The number of ether oxygens (including phenoxy) is 3. The summed E-state index contributed by atoms with van der Waals surface area (Å²) in [4.78, 5) is 37.3. The molecule has 1 saturated heterocycles. The third kappa shape index (κ3) is 3.51. The number of hydrogen-bond acceptors (Lipinski definition) is 7. The molecule has 2 aliphatic heterocycles. The predicted molar refractivity (Wildman–Crippen MR) is 101 cm³/mol. The van der Waals surface area contributed by atoms with Crippen molar-refractivity contribution in [1.82, 2.24) is 0 Å². The molecule has 10 nitrogen and oxygen atoms in total. The first-order chi connectivity index (χ1) is 14.0. The Labute approximate surface area is 165 Å². The topological polar surface area (TPSA) is 120 Å². The zero-order valence-corrected chi connectivity index (χ0v) is 15.4. The number of nitrogens with zero attached hydrogens (tertiary/aromatic N) is 2. The van der Waals surface area contributed by atoms with Gasteiger partial charge in [0, 0.05) is 24.7 Å². The van der Waals surface area contributed by atoms with Gasteiger partial charge in [-0.2, -0.15) is 0 Å². The Morgan fingerprint density at radius 3 is 2.79 bits per heavy atom. The average Bonchev–Trinajstić information content (AvgIpc) is 3.33. The number of amides is 2. The lowest BCUT2D eigenvalue weighted by molar-refractivity contribution is -0.384. The smallest absolute Gasteiger partial charge is 0.296 e. The predicted octanol–water partition coefficient (Wildman–Crippen LogP) is 2.32. The van der Waals surface area contributed by atoms with E-state index in [0.29, 0.717) is 22.9 Å². The SMILES string of the molecule is COc1ccc(NC(=O)C2CC(=O)N(c3ccc4c(c3)OCO4)C2)c([N+](=O)[O-])c1. The molecule has 1 unspecified atom stereocenters. The van der Waals surface area contributed by atoms with Gasteiger partial charge < -0.3 is 24.4 Å². The number of benzene rings is 2. The summed E-state index contributed by atoms with van der Waals surface area (Å²) in [6, 6.07) is 9.27. The largest absolute Gasteiger partial charge is 0.496 e. The molecule has 1 N–H and O–H groups in total. The van der Waals surface area contributed by atoms with Crippen LogP contribution in [0.15, 0.2) is 36.4 Å². The van der Waals surface area contributed by atoms with Gasteiger partial charge in [-0.15, -0.1) is 0 Å². The van der Waals surface area contributed by atoms with Gasteiger partial charge in [-0.25, -0.2) is 0 Å². The highest BCUT2D eigenvalue weighted by Crippen LogP contribution is 2.37. The lowest BCUT2D eigenvalue weighted by atomic mass is 10.1. The Bertz CT molecular complexity index is 1010. The van der Waals surface area contributed by atoms with Gasteiger partial charge in [-0.3, -0.25) is 19.7 Å². The van der Waals surface area contributed by atoms with Crippen LogP contribution in [0.2, 0.25) is 0 Å². The van der Waals surface area contributed by atoms with E-state index in [1.54, 1.807) is 18.2 Å². The van der Waals surface area contributed by atoms with Crippen molar-refractivity contribution in [2.75, 3.05) is 30.7 Å². The van der Waals surface area contributed by atoms with Crippen molar-refractivity contribution < 1.29 is 28.7 Å². The van der Waals surface area contributed by atoms with Crippen LogP contribution < -0.4 is 24.4 Å². The maximum absolute atomic E-state index is 12.7. The molecule has 2 aliphatic rings. The van der Waals surface area contributed by atoms with E-state index in [1.165, 1.54) is 30.2 Å². The lowest BCUT2D eigenvalue weighted by Gasteiger charge is -2.17. The third-order valence-electron chi connectivity index (χ3n) is 4.82. The van der Waals surface area contributed by atoms with Crippen LogP contribution in [0.25, 0.3) is 0 Å². The van der Waals surface area contributed by atoms with Crippen LogP contribution in [0.1, 0.15) is 6.42 Å². The molecular weight excluding hydrogens is 382 g/mol. The molecule has 2 heterocycles. The highest BCUT2D eigenvalue weighted by Gasteiger charge is 2.36. The first-order valence-electron chi connectivity index (χ1n) is 8.79. The summed E-state index contributed by atoms with van der Waals surface area (Å²) in [7, 11) is 1.40. The fraction of sp³-hybridized carbons (Fsp3) is 0.263. The Balaban J connectivity index is 1.49. The second-order valence-electron chi connectivity index (χ2n) is 6.57. The normalized spacial score (nSPS) is 17.3. The van der Waals surface area contributed by atoms with Crippen LogP contribution in [0.4, 0.5) is 17.1 Å². The van der Waals surface area contributed by atoms with Gasteiger partial charge in [0.25, 0.3) is 5.69 Å². The fourth-order valence-corrected chi connectivity index (χ4v) is 3.32. The molecule has 150 valence electrons. The van der Waals surface area contributed by atoms with Gasteiger partial charge in [0.15, 0.2) is 11.5 Å². The quantitative estimate of drug-likeness (QED) is 0.605. The van der Waals surface area contributed by atoms with E-state index in [2.05, 4.69) is 5.32 Å². The second kappa shape index (κ2) is 7.30. The fourth-order valence-electron chi connectivity index (χ4n) is 3.32. The minimum Gasteiger partial charge on any atom is -0.496 e. The highest BCUT2D eigenvalue weighted by molar-refractivity contribution is 6.04. The Kier molecular flexibility index (Phi) is 4.67. The van der Waals surface area contributed by atoms with Crippen LogP contribution in [0.5, 0.6) is 17.2 Å². The summed E-state index contributed by atoms with van der Waals surface area (Å²) in [5.41, 5.74) is 0.370. The van der Waals surface area contributed by atoms with Crippen molar-refractivity contribution in [3.05, 3.63) is 46.5 Å². The second-order valence-corrected chi connectivity index (χ2v) is 6.57. The van der Waals surface area contributed by atoms with Crippen LogP contribution in [0.3, 0.4) is 0 Å². The van der Waals surface area contributed by atoms with Gasteiger partial charge in [0.05, 0.1) is 24.0 Å². The van der Waals surface area contributed by atoms with Crippen LogP contribution in [-0.4, -0.2) is 37.2 Å². The Hall–Kier alpha value is -3.82. The van der Waals surface area contributed by atoms with Gasteiger partial charge in [-0.1, -0.05) is 0 Å². The van der Waals surface area contributed by atoms with Gasteiger partial charge in [0.1, 0.15) is 11.4 Å². The number of anilines is 2. The van der Waals surface area contributed by atoms with Gasteiger partial charge in [-0.05, 0) is 24.3 Å². The molecule has 2 aromatic carbocycles. The molecule has 0 radical (unpaired) electrons. The number of nitro benzene ring substituents is 1. The maximum Gasteiger partial charge on any atom is 0.296 e. The third-order valence-corrected chi connectivity index (χ3v) is 4.82. The summed E-state index contributed by atoms with van der Waals surface area (Å²) >= 11 is 0. The van der Waals surface area contributed by atoms with E-state index in [-0.39, 0.29) is 37.0 Å². The molecule has 0 aromatic heterocycles. The monoisotopic (exact) mass is 399 g/mol. The number of hydrogen-bond donors (Lipinski definition) is 1. The van der Waals surface area contributed by atoms with E-state index in [4.69, 9.17) is 14.2 Å². The number of methoxy groups -OCH3 is 1. The number of carbonyl (C=O) groups excluding carboxylic acids is 2. The number of nitro groups is 1. The first kappa shape index (κ1) is 18.5. The first-order valence-corrected chi connectivity index (χ1v) is 8.79. The van der Waals surface area contributed by atoms with E-state index < -0.39 is 16.7 Å². The summed E-state index contributed by atoms with van der Waals surface area (Å²) < 4.78 is 15.6. The van der Waals surface area contributed by atoms with Gasteiger partial charge >= 0.3 is 0 Å². The highest BCUT2D eigenvalue weighted by atomic mass is 16.7. The van der Waals surface area contributed by atoms with Crippen LogP contribution >= 0.6 is 0 Å². The lowest BCUT2D eigenvalue weighted by Crippen LogP contribution is -2.28. The Morgan fingerprint density at radius 2 is 2.03 bits per heavy atom. The molecule has 0 bridgehead atoms. The van der Waals surface area contributed by atoms with Crippen molar-refractivity contribution in [3.8, 4) is 17.2 Å². The molecule has 2 amide bonds. The molecule has 0 saturated carbocycles. The van der Waals surface area contributed by atoms with Crippen LogP contribution in [0, 0.1) is 16.0 Å². The minimum absolute atomic E-state index is 0.00419. The zero-order chi connectivity index (χ0) is 20.5. The van der Waals surface area contributed by atoms with E-state index in [9.17, 15) is 19.7 Å². The zero-order valence-electron chi connectivity index (χ0n) is 15.4. The van der Waals surface area contributed by atoms with E-state index >= 15 is 0 Å². The minimum atomic E-state index is -0.644. The van der Waals surface area contributed by atoms with E-state index in [0.717, 1.165) is 0 Å². The molecular formula is C19H17N3O7. The number of rotatable bonds is 5. The summed E-state index contributed by atoms with van der Waals surface area (Å²) in [5, 5.41) is 13.8. The molecule has 4 rings (SSSR count). The van der Waals surface area contributed by atoms with Crippen molar-refractivity contribution in [2.24, 2.45) is 5.92 Å². The van der Waals surface area contributed by atoms with Crippen LogP contribution in [-0.2, 0) is 9.59 Å². The molecule has 1 atom stereocenters. The summed E-state index contributed by atoms with van der Waals surface area (Å²) in [6.07, 6.45) is 0.00419. The molecule has 1 fully saturated rings. The number of carbonyl (C=O) groups is 2. The van der Waals surface area contributed by atoms with Crippen molar-refractivity contribution in [3.63, 3.8) is 0 Å². The van der Waals surface area contributed by atoms with Crippen molar-refractivity contribution >= 4 is 28.9 Å². The summed E-state index contributed by atoms with van der Waals surface area (Å²) in [6.45, 7) is 0.284.